The Morgan fingerprint density at radius 2 is 2.19 bits per heavy atom. The first-order chi connectivity index (χ1) is 12.7. The van der Waals surface area contributed by atoms with Gasteiger partial charge in [-0.05, 0) is 55.0 Å². The molecule has 5 nitrogen and oxygen atoms in total. The van der Waals surface area contributed by atoms with Gasteiger partial charge in [0.25, 0.3) is 0 Å². The van der Waals surface area contributed by atoms with Gasteiger partial charge in [0, 0.05) is 29.7 Å². The van der Waals surface area contributed by atoms with Gasteiger partial charge in [-0.15, -0.1) is 0 Å². The van der Waals surface area contributed by atoms with Crippen LogP contribution in [0.5, 0.6) is 0 Å². The van der Waals surface area contributed by atoms with Crippen LogP contribution in [0.1, 0.15) is 49.2 Å². The Kier molecular flexibility index (Phi) is 3.62. The molecule has 1 amide bonds. The molecule has 134 valence electrons. The van der Waals surface area contributed by atoms with E-state index in [2.05, 4.69) is 23.0 Å². The minimum Gasteiger partial charge on any atom is -0.464 e. The van der Waals surface area contributed by atoms with E-state index in [0.29, 0.717) is 24.9 Å². The summed E-state index contributed by atoms with van der Waals surface area (Å²) in [5.41, 5.74) is 1.85. The maximum absolute atomic E-state index is 13.0. The SMILES string of the molecule is C[C@H]1C[C@H]1c1ccc(CN(C(=O)Cc2c[nH]c3ncccc23)C2CC2)o1. The Labute approximate surface area is 152 Å². The Morgan fingerprint density at radius 3 is 2.96 bits per heavy atom. The summed E-state index contributed by atoms with van der Waals surface area (Å²) in [6.07, 6.45) is 7.46. The highest BCUT2D eigenvalue weighted by molar-refractivity contribution is 5.87. The first-order valence-electron chi connectivity index (χ1n) is 9.48. The van der Waals surface area contributed by atoms with E-state index in [4.69, 9.17) is 4.42 Å². The molecule has 3 heterocycles. The lowest BCUT2D eigenvalue weighted by molar-refractivity contribution is -0.131. The number of aromatic amines is 1. The summed E-state index contributed by atoms with van der Waals surface area (Å²) in [4.78, 5) is 22.4. The second kappa shape index (κ2) is 6.01. The molecule has 0 saturated heterocycles. The van der Waals surface area contributed by atoms with Crippen LogP contribution in [-0.4, -0.2) is 26.8 Å². The third-order valence-corrected chi connectivity index (χ3v) is 5.67. The van der Waals surface area contributed by atoms with Gasteiger partial charge in [-0.2, -0.15) is 0 Å². The Balaban J connectivity index is 1.32. The number of carbonyl (C=O) groups is 1. The van der Waals surface area contributed by atoms with Crippen molar-refractivity contribution in [3.05, 3.63) is 53.7 Å². The van der Waals surface area contributed by atoms with E-state index in [9.17, 15) is 4.79 Å². The minimum atomic E-state index is 0.162. The number of aromatic nitrogens is 2. The number of carbonyl (C=O) groups excluding carboxylic acids is 1. The number of amides is 1. The highest BCUT2D eigenvalue weighted by Gasteiger charge is 2.37. The molecule has 26 heavy (non-hydrogen) atoms. The first kappa shape index (κ1) is 15.7. The van der Waals surface area contributed by atoms with Crippen molar-refractivity contribution in [2.24, 2.45) is 5.92 Å². The number of fused-ring (bicyclic) bond motifs is 1. The monoisotopic (exact) mass is 349 g/mol. The Hall–Kier alpha value is -2.56. The summed E-state index contributed by atoms with van der Waals surface area (Å²) in [6, 6.07) is 8.41. The fourth-order valence-corrected chi connectivity index (χ4v) is 3.80. The number of furan rings is 1. The van der Waals surface area contributed by atoms with Crippen molar-refractivity contribution in [3.63, 3.8) is 0 Å². The second-order valence-corrected chi connectivity index (χ2v) is 7.77. The lowest BCUT2D eigenvalue weighted by atomic mass is 10.1. The molecule has 5 rings (SSSR count). The van der Waals surface area contributed by atoms with Crippen molar-refractivity contribution in [1.82, 2.24) is 14.9 Å². The van der Waals surface area contributed by atoms with Crippen LogP contribution < -0.4 is 0 Å². The van der Waals surface area contributed by atoms with Gasteiger partial charge in [0.15, 0.2) is 0 Å². The summed E-state index contributed by atoms with van der Waals surface area (Å²) < 4.78 is 6.03. The minimum absolute atomic E-state index is 0.162. The molecule has 0 radical (unpaired) electrons. The van der Waals surface area contributed by atoms with Crippen molar-refractivity contribution in [1.29, 1.82) is 0 Å². The summed E-state index contributed by atoms with van der Waals surface area (Å²) >= 11 is 0. The van der Waals surface area contributed by atoms with Gasteiger partial charge in [0.1, 0.15) is 17.2 Å². The molecule has 3 aromatic rings. The number of pyridine rings is 1. The van der Waals surface area contributed by atoms with Gasteiger partial charge in [-0.3, -0.25) is 4.79 Å². The number of nitrogens with zero attached hydrogens (tertiary/aromatic N) is 2. The second-order valence-electron chi connectivity index (χ2n) is 7.77. The topological polar surface area (TPSA) is 62.1 Å². The lowest BCUT2D eigenvalue weighted by Crippen LogP contribution is -2.33. The van der Waals surface area contributed by atoms with Crippen molar-refractivity contribution in [2.45, 2.75) is 51.1 Å². The number of nitrogens with one attached hydrogen (secondary N) is 1. The van der Waals surface area contributed by atoms with Crippen molar-refractivity contribution in [3.8, 4) is 0 Å². The average molecular weight is 349 g/mol. The summed E-state index contributed by atoms with van der Waals surface area (Å²) in [7, 11) is 0. The Bertz CT molecular complexity index is 953. The Morgan fingerprint density at radius 1 is 1.35 bits per heavy atom. The van der Waals surface area contributed by atoms with Gasteiger partial charge < -0.3 is 14.3 Å². The molecule has 1 N–H and O–H groups in total. The normalized spacial score (nSPS) is 21.9. The lowest BCUT2D eigenvalue weighted by Gasteiger charge is -2.21. The summed E-state index contributed by atoms with van der Waals surface area (Å²) in [6.45, 7) is 2.83. The van der Waals surface area contributed by atoms with E-state index < -0.39 is 0 Å². The van der Waals surface area contributed by atoms with Crippen LogP contribution in [-0.2, 0) is 17.8 Å². The third kappa shape index (κ3) is 2.91. The molecule has 0 aliphatic heterocycles. The van der Waals surface area contributed by atoms with E-state index in [1.54, 1.807) is 6.20 Å². The maximum atomic E-state index is 13.0. The van der Waals surface area contributed by atoms with Crippen LogP contribution in [0.2, 0.25) is 0 Å². The predicted octanol–water partition coefficient (Wildman–Crippen LogP) is 4.01. The van der Waals surface area contributed by atoms with Crippen LogP contribution in [0, 0.1) is 5.92 Å². The van der Waals surface area contributed by atoms with Crippen molar-refractivity contribution >= 4 is 16.9 Å². The molecule has 2 aliphatic carbocycles. The zero-order valence-corrected chi connectivity index (χ0v) is 14.9. The van der Waals surface area contributed by atoms with E-state index in [1.807, 2.05) is 29.3 Å². The van der Waals surface area contributed by atoms with Gasteiger partial charge in [-0.1, -0.05) is 6.92 Å². The van der Waals surface area contributed by atoms with Gasteiger partial charge in [0.05, 0.1) is 13.0 Å². The molecule has 2 saturated carbocycles. The van der Waals surface area contributed by atoms with Gasteiger partial charge in [0.2, 0.25) is 5.91 Å². The average Bonchev–Trinajstić information content (AvgIpc) is 3.53. The summed E-state index contributed by atoms with van der Waals surface area (Å²) in [5, 5.41) is 1.03. The van der Waals surface area contributed by atoms with Crippen LogP contribution >= 0.6 is 0 Å². The zero-order valence-electron chi connectivity index (χ0n) is 14.9. The summed E-state index contributed by atoms with van der Waals surface area (Å²) in [5.74, 6) is 3.45. The molecule has 2 aliphatic rings. The highest BCUT2D eigenvalue weighted by Crippen LogP contribution is 2.47. The van der Waals surface area contributed by atoms with Crippen LogP contribution in [0.15, 0.2) is 41.1 Å². The van der Waals surface area contributed by atoms with Crippen molar-refractivity contribution in [2.75, 3.05) is 0 Å². The van der Waals surface area contributed by atoms with Gasteiger partial charge >= 0.3 is 0 Å². The molecule has 3 aromatic heterocycles. The maximum Gasteiger partial charge on any atom is 0.227 e. The van der Waals surface area contributed by atoms with E-state index in [1.165, 1.54) is 6.42 Å². The number of rotatable bonds is 6. The fourth-order valence-electron chi connectivity index (χ4n) is 3.80. The third-order valence-electron chi connectivity index (χ3n) is 5.67. The predicted molar refractivity (Wildman–Crippen MR) is 98.6 cm³/mol. The molecule has 0 aromatic carbocycles. The van der Waals surface area contributed by atoms with Crippen molar-refractivity contribution < 1.29 is 9.21 Å². The van der Waals surface area contributed by atoms with E-state index >= 15 is 0 Å². The smallest absolute Gasteiger partial charge is 0.227 e. The van der Waals surface area contributed by atoms with E-state index in [-0.39, 0.29) is 5.91 Å². The first-order valence-corrected chi connectivity index (χ1v) is 9.48. The van der Waals surface area contributed by atoms with Crippen LogP contribution in [0.25, 0.3) is 11.0 Å². The highest BCUT2D eigenvalue weighted by atomic mass is 16.3. The number of hydrogen-bond donors (Lipinski definition) is 1. The molecule has 0 unspecified atom stereocenters. The fraction of sp³-hybridized carbons (Fsp3) is 0.429. The molecular weight excluding hydrogens is 326 g/mol. The molecule has 2 atom stereocenters. The quantitative estimate of drug-likeness (QED) is 0.731. The molecular formula is C21H23N3O2. The van der Waals surface area contributed by atoms with Gasteiger partial charge in [-0.25, -0.2) is 4.98 Å². The zero-order chi connectivity index (χ0) is 17.7. The van der Waals surface area contributed by atoms with E-state index in [0.717, 1.165) is 46.9 Å². The largest absolute Gasteiger partial charge is 0.464 e. The standard InChI is InChI=1S/C21H23N3O2/c1-13-9-18(13)19-7-6-16(26-19)12-24(15-4-5-15)20(25)10-14-11-23-21-17(14)3-2-8-22-21/h2-3,6-8,11,13,15,18H,4-5,9-10,12H2,1H3,(H,22,23)/t13-,18+/m0/s1. The van der Waals surface area contributed by atoms with Crippen LogP contribution in [0.3, 0.4) is 0 Å². The molecule has 5 heteroatoms. The number of H-pyrrole nitrogens is 1. The number of hydrogen-bond acceptors (Lipinski definition) is 3. The molecule has 2 fully saturated rings. The molecule has 0 bridgehead atoms. The molecule has 0 spiro atoms. The van der Waals surface area contributed by atoms with Crippen LogP contribution in [0.4, 0.5) is 0 Å².